The number of hydrogen-bond acceptors (Lipinski definition) is 2. The van der Waals surface area contributed by atoms with Gasteiger partial charge in [0.15, 0.2) is 0 Å². The van der Waals surface area contributed by atoms with E-state index in [1.165, 1.54) is 11.1 Å². The van der Waals surface area contributed by atoms with Crippen LogP contribution in [0.3, 0.4) is 0 Å². The Hall–Kier alpha value is -1.80. The quantitative estimate of drug-likeness (QED) is 0.758. The van der Waals surface area contributed by atoms with Gasteiger partial charge in [-0.15, -0.1) is 0 Å². The van der Waals surface area contributed by atoms with Crippen molar-refractivity contribution in [1.82, 2.24) is 0 Å². The van der Waals surface area contributed by atoms with Crippen LogP contribution in [-0.4, -0.2) is 13.2 Å². The summed E-state index contributed by atoms with van der Waals surface area (Å²) in [5, 5.41) is 3.32. The predicted octanol–water partition coefficient (Wildman–Crippen LogP) is 3.88. The van der Waals surface area contributed by atoms with Crippen molar-refractivity contribution in [2.75, 3.05) is 18.5 Å². The van der Waals surface area contributed by atoms with Crippen molar-refractivity contribution in [2.45, 2.75) is 20.0 Å². The second kappa shape index (κ2) is 7.59. The lowest BCUT2D eigenvalue weighted by atomic mass is 10.1. The average molecular weight is 255 g/mol. The first kappa shape index (κ1) is 13.6. The van der Waals surface area contributed by atoms with E-state index in [4.69, 9.17) is 4.74 Å². The molecule has 0 radical (unpaired) electrons. The molecule has 0 saturated heterocycles. The molecule has 19 heavy (non-hydrogen) atoms. The maximum atomic E-state index is 5.65. The summed E-state index contributed by atoms with van der Waals surface area (Å²) in [5.74, 6) is 0. The Bertz CT molecular complexity index is 464. The third-order valence-corrected chi connectivity index (χ3v) is 3.05. The smallest absolute Gasteiger partial charge is 0.0717 e. The maximum absolute atomic E-state index is 5.65. The fourth-order valence-corrected chi connectivity index (χ4v) is 1.88. The molecule has 2 aromatic carbocycles. The zero-order valence-electron chi connectivity index (χ0n) is 11.4. The molecule has 100 valence electrons. The highest BCUT2D eigenvalue weighted by molar-refractivity contribution is 5.42. The lowest BCUT2D eigenvalue weighted by Crippen LogP contribution is -2.09. The number of nitrogens with one attached hydrogen (secondary N) is 1. The Morgan fingerprint density at radius 2 is 1.58 bits per heavy atom. The second-order valence-electron chi connectivity index (χ2n) is 4.52. The fourth-order valence-electron chi connectivity index (χ4n) is 1.88. The number of benzene rings is 2. The van der Waals surface area contributed by atoms with E-state index in [1.54, 1.807) is 0 Å². The van der Waals surface area contributed by atoms with Gasteiger partial charge in [0.2, 0.25) is 0 Å². The Kier molecular flexibility index (Phi) is 5.45. The van der Waals surface area contributed by atoms with Crippen LogP contribution in [0.2, 0.25) is 0 Å². The molecule has 2 heteroatoms. The third-order valence-electron chi connectivity index (χ3n) is 3.05. The summed E-state index contributed by atoms with van der Waals surface area (Å²) in [5.41, 5.74) is 3.74. The zero-order valence-corrected chi connectivity index (χ0v) is 11.4. The van der Waals surface area contributed by atoms with Gasteiger partial charge >= 0.3 is 0 Å². The van der Waals surface area contributed by atoms with Crippen molar-refractivity contribution in [3.63, 3.8) is 0 Å². The molecule has 2 rings (SSSR count). The Labute approximate surface area is 115 Å². The normalized spacial score (nSPS) is 10.4. The number of anilines is 1. The maximum Gasteiger partial charge on any atom is 0.0717 e. The predicted molar refractivity (Wildman–Crippen MR) is 80.4 cm³/mol. The Morgan fingerprint density at radius 1 is 0.895 bits per heavy atom. The second-order valence-corrected chi connectivity index (χ2v) is 4.52. The molecule has 0 amide bonds. The summed E-state index contributed by atoms with van der Waals surface area (Å²) in [6, 6.07) is 18.8. The van der Waals surface area contributed by atoms with E-state index in [2.05, 4.69) is 48.6 Å². The van der Waals surface area contributed by atoms with Crippen LogP contribution < -0.4 is 5.32 Å². The Morgan fingerprint density at radius 3 is 2.26 bits per heavy atom. The molecular weight excluding hydrogens is 234 g/mol. The first-order valence-corrected chi connectivity index (χ1v) is 6.83. The van der Waals surface area contributed by atoms with E-state index in [9.17, 15) is 0 Å². The highest BCUT2D eigenvalue weighted by Crippen LogP contribution is 2.07. The topological polar surface area (TPSA) is 21.3 Å². The van der Waals surface area contributed by atoms with Gasteiger partial charge in [-0.1, -0.05) is 49.4 Å². The summed E-state index contributed by atoms with van der Waals surface area (Å²) in [7, 11) is 0. The largest absolute Gasteiger partial charge is 0.383 e. The first-order valence-electron chi connectivity index (χ1n) is 6.83. The molecule has 0 aromatic heterocycles. The van der Waals surface area contributed by atoms with Crippen molar-refractivity contribution < 1.29 is 4.74 Å². The molecule has 0 unspecified atom stereocenters. The van der Waals surface area contributed by atoms with Gasteiger partial charge in [0.25, 0.3) is 0 Å². The molecule has 0 aliphatic rings. The van der Waals surface area contributed by atoms with Gasteiger partial charge < -0.3 is 10.1 Å². The average Bonchev–Trinajstić information content (AvgIpc) is 2.49. The summed E-state index contributed by atoms with van der Waals surface area (Å²) in [6.07, 6.45) is 1.09. The standard InChI is InChI=1S/C17H21NO/c1-2-15-8-10-16(11-9-15)14-19-13-12-18-17-6-4-3-5-7-17/h3-11,18H,2,12-14H2,1H3. The first-order chi connectivity index (χ1) is 9.38. The van der Waals surface area contributed by atoms with Gasteiger partial charge in [-0.25, -0.2) is 0 Å². The monoisotopic (exact) mass is 255 g/mol. The lowest BCUT2D eigenvalue weighted by Gasteiger charge is -2.07. The molecule has 0 aliphatic heterocycles. The van der Waals surface area contributed by atoms with E-state index in [0.717, 1.165) is 18.7 Å². The zero-order chi connectivity index (χ0) is 13.3. The van der Waals surface area contributed by atoms with Crippen LogP contribution in [0, 0.1) is 0 Å². The highest BCUT2D eigenvalue weighted by Gasteiger charge is 1.94. The molecule has 0 heterocycles. The molecule has 0 fully saturated rings. The minimum absolute atomic E-state index is 0.681. The van der Waals surface area contributed by atoms with Crippen LogP contribution in [0.25, 0.3) is 0 Å². The summed E-state index contributed by atoms with van der Waals surface area (Å²) < 4.78 is 5.65. The van der Waals surface area contributed by atoms with Gasteiger partial charge in [0.05, 0.1) is 13.2 Å². The van der Waals surface area contributed by atoms with Crippen LogP contribution in [0.15, 0.2) is 54.6 Å². The number of hydrogen-bond donors (Lipinski definition) is 1. The van der Waals surface area contributed by atoms with Crippen molar-refractivity contribution in [2.24, 2.45) is 0 Å². The van der Waals surface area contributed by atoms with Crippen molar-refractivity contribution in [1.29, 1.82) is 0 Å². The van der Waals surface area contributed by atoms with Gasteiger partial charge in [0, 0.05) is 12.2 Å². The minimum Gasteiger partial charge on any atom is -0.383 e. The van der Waals surface area contributed by atoms with Crippen molar-refractivity contribution >= 4 is 5.69 Å². The van der Waals surface area contributed by atoms with Gasteiger partial charge in [0.1, 0.15) is 0 Å². The van der Waals surface area contributed by atoms with Gasteiger partial charge in [-0.05, 0) is 29.7 Å². The lowest BCUT2D eigenvalue weighted by molar-refractivity contribution is 0.130. The number of aryl methyl sites for hydroxylation is 1. The summed E-state index contributed by atoms with van der Waals surface area (Å²) in [4.78, 5) is 0. The molecule has 2 nitrogen and oxygen atoms in total. The van der Waals surface area contributed by atoms with Crippen LogP contribution >= 0.6 is 0 Å². The van der Waals surface area contributed by atoms with E-state index >= 15 is 0 Å². The van der Waals surface area contributed by atoms with Gasteiger partial charge in [-0.2, -0.15) is 0 Å². The molecule has 0 atom stereocenters. The van der Waals surface area contributed by atoms with Crippen LogP contribution in [0.5, 0.6) is 0 Å². The van der Waals surface area contributed by atoms with Crippen LogP contribution in [0.1, 0.15) is 18.1 Å². The number of ether oxygens (including phenoxy) is 1. The minimum atomic E-state index is 0.681. The molecule has 0 aliphatic carbocycles. The molecule has 0 spiro atoms. The van der Waals surface area contributed by atoms with Gasteiger partial charge in [-0.3, -0.25) is 0 Å². The van der Waals surface area contributed by atoms with Crippen molar-refractivity contribution in [3.05, 3.63) is 65.7 Å². The number of para-hydroxylation sites is 1. The fraction of sp³-hybridized carbons (Fsp3) is 0.294. The highest BCUT2D eigenvalue weighted by atomic mass is 16.5. The van der Waals surface area contributed by atoms with Crippen LogP contribution in [-0.2, 0) is 17.8 Å². The molecular formula is C17H21NO. The van der Waals surface area contributed by atoms with E-state index in [1.807, 2.05) is 18.2 Å². The summed E-state index contributed by atoms with van der Waals surface area (Å²) in [6.45, 7) is 4.39. The SMILES string of the molecule is CCc1ccc(COCCNc2ccccc2)cc1. The molecule has 0 saturated carbocycles. The van der Waals surface area contributed by atoms with E-state index < -0.39 is 0 Å². The van der Waals surface area contributed by atoms with Crippen molar-refractivity contribution in [3.8, 4) is 0 Å². The van der Waals surface area contributed by atoms with Crippen LogP contribution in [0.4, 0.5) is 5.69 Å². The third kappa shape index (κ3) is 4.76. The molecule has 1 N–H and O–H groups in total. The summed E-state index contributed by atoms with van der Waals surface area (Å²) >= 11 is 0. The van der Waals surface area contributed by atoms with E-state index in [-0.39, 0.29) is 0 Å². The molecule has 0 bridgehead atoms. The molecule has 2 aromatic rings. The number of rotatable bonds is 7. The Balaban J connectivity index is 1.63. The van der Waals surface area contributed by atoms with E-state index in [0.29, 0.717) is 13.2 Å².